The molecule has 1 aromatic rings. The molecule has 0 aliphatic rings. The Bertz CT molecular complexity index is 438. The van der Waals surface area contributed by atoms with E-state index in [1.165, 1.54) is 0 Å². The maximum Gasteiger partial charge on any atom is 0.260 e. The van der Waals surface area contributed by atoms with Gasteiger partial charge < -0.3 is 15.8 Å². The molecule has 3 N–H and O–H groups in total. The minimum Gasteiger partial charge on any atom is -0.481 e. The smallest absolute Gasteiger partial charge is 0.260 e. The number of carbonyl (C=O) groups excluding carboxylic acids is 1. The second kappa shape index (κ2) is 8.97. The van der Waals surface area contributed by atoms with Gasteiger partial charge in [-0.15, -0.1) is 0 Å². The maximum atomic E-state index is 11.9. The number of halogens is 1. The molecular weight excluding hydrogens is 320 g/mol. The first-order valence-electron chi connectivity index (χ1n) is 7.01. The van der Waals surface area contributed by atoms with Gasteiger partial charge in [-0.05, 0) is 50.1 Å². The molecule has 1 atom stereocenters. The standard InChI is InChI=1S/C15H23BrN2O2/c1-3-4-9-18-15(19)11(2)20-14-6-5-13(16)10-12(14)7-8-17/h5-6,10-11H,3-4,7-9,17H2,1-2H3,(H,18,19). The number of nitrogens with one attached hydrogen (secondary N) is 1. The van der Waals surface area contributed by atoms with E-state index >= 15 is 0 Å². The Morgan fingerprint density at radius 3 is 2.90 bits per heavy atom. The van der Waals surface area contributed by atoms with Crippen LogP contribution in [-0.2, 0) is 11.2 Å². The number of benzene rings is 1. The summed E-state index contributed by atoms with van der Waals surface area (Å²) in [5.74, 6) is 0.636. The summed E-state index contributed by atoms with van der Waals surface area (Å²) in [5, 5.41) is 2.87. The SMILES string of the molecule is CCCCNC(=O)C(C)Oc1ccc(Br)cc1CCN. The van der Waals surface area contributed by atoms with Crippen LogP contribution in [0.1, 0.15) is 32.3 Å². The van der Waals surface area contributed by atoms with Crippen molar-refractivity contribution in [2.24, 2.45) is 5.73 Å². The molecule has 0 aliphatic carbocycles. The Labute approximate surface area is 129 Å². The highest BCUT2D eigenvalue weighted by atomic mass is 79.9. The number of ether oxygens (including phenoxy) is 1. The molecule has 1 amide bonds. The first kappa shape index (κ1) is 17.0. The van der Waals surface area contributed by atoms with Crippen molar-refractivity contribution in [3.05, 3.63) is 28.2 Å². The van der Waals surface area contributed by atoms with Gasteiger partial charge in [0.2, 0.25) is 0 Å². The van der Waals surface area contributed by atoms with Crippen LogP contribution in [-0.4, -0.2) is 25.1 Å². The van der Waals surface area contributed by atoms with Crippen LogP contribution in [0.3, 0.4) is 0 Å². The lowest BCUT2D eigenvalue weighted by Gasteiger charge is -2.17. The fraction of sp³-hybridized carbons (Fsp3) is 0.533. The lowest BCUT2D eigenvalue weighted by molar-refractivity contribution is -0.127. The number of carbonyl (C=O) groups is 1. The molecule has 4 nitrogen and oxygen atoms in total. The van der Waals surface area contributed by atoms with Crippen molar-refractivity contribution in [2.45, 2.75) is 39.2 Å². The fourth-order valence-corrected chi connectivity index (χ4v) is 2.20. The third-order valence-corrected chi connectivity index (χ3v) is 3.43. The number of amides is 1. The molecule has 0 saturated carbocycles. The maximum absolute atomic E-state index is 11.9. The second-order valence-electron chi connectivity index (χ2n) is 4.70. The highest BCUT2D eigenvalue weighted by Gasteiger charge is 2.15. The lowest BCUT2D eigenvalue weighted by atomic mass is 10.1. The van der Waals surface area contributed by atoms with E-state index < -0.39 is 6.10 Å². The van der Waals surface area contributed by atoms with Gasteiger partial charge in [0.05, 0.1) is 0 Å². The van der Waals surface area contributed by atoms with Gasteiger partial charge in [0, 0.05) is 11.0 Å². The summed E-state index contributed by atoms with van der Waals surface area (Å²) in [4.78, 5) is 11.9. The summed E-state index contributed by atoms with van der Waals surface area (Å²) in [5.41, 5.74) is 6.61. The van der Waals surface area contributed by atoms with Gasteiger partial charge in [0.25, 0.3) is 5.91 Å². The van der Waals surface area contributed by atoms with Crippen LogP contribution >= 0.6 is 15.9 Å². The molecule has 0 bridgehead atoms. The zero-order valence-electron chi connectivity index (χ0n) is 12.1. The van der Waals surface area contributed by atoms with E-state index in [1.807, 2.05) is 18.2 Å². The molecule has 0 aliphatic heterocycles. The predicted octanol–water partition coefficient (Wildman–Crippen LogP) is 2.63. The van der Waals surface area contributed by atoms with Crippen LogP contribution in [0.15, 0.2) is 22.7 Å². The normalized spacial score (nSPS) is 12.0. The van der Waals surface area contributed by atoms with Crippen molar-refractivity contribution < 1.29 is 9.53 Å². The molecule has 0 aromatic heterocycles. The number of hydrogen-bond acceptors (Lipinski definition) is 3. The van der Waals surface area contributed by atoms with Gasteiger partial charge in [-0.1, -0.05) is 29.3 Å². The second-order valence-corrected chi connectivity index (χ2v) is 5.61. The molecule has 0 heterocycles. The Kier molecular flexibility index (Phi) is 7.62. The molecule has 112 valence electrons. The van der Waals surface area contributed by atoms with E-state index in [4.69, 9.17) is 10.5 Å². The predicted molar refractivity (Wildman–Crippen MR) is 84.9 cm³/mol. The van der Waals surface area contributed by atoms with Crippen LogP contribution in [0.5, 0.6) is 5.75 Å². The molecule has 0 fully saturated rings. The minimum absolute atomic E-state index is 0.0833. The molecule has 0 radical (unpaired) electrons. The van der Waals surface area contributed by atoms with E-state index in [9.17, 15) is 4.79 Å². The van der Waals surface area contributed by atoms with Crippen molar-refractivity contribution in [1.29, 1.82) is 0 Å². The van der Waals surface area contributed by atoms with Gasteiger partial charge in [-0.2, -0.15) is 0 Å². The van der Waals surface area contributed by atoms with Crippen LogP contribution in [0.2, 0.25) is 0 Å². The Balaban J connectivity index is 2.64. The van der Waals surface area contributed by atoms with Gasteiger partial charge >= 0.3 is 0 Å². The summed E-state index contributed by atoms with van der Waals surface area (Å²) in [6.45, 7) is 5.09. The third kappa shape index (κ3) is 5.51. The number of unbranched alkanes of at least 4 members (excludes halogenated alkanes) is 1. The van der Waals surface area contributed by atoms with Crippen molar-refractivity contribution >= 4 is 21.8 Å². The first-order valence-corrected chi connectivity index (χ1v) is 7.80. The number of hydrogen-bond donors (Lipinski definition) is 2. The Morgan fingerprint density at radius 1 is 1.50 bits per heavy atom. The Morgan fingerprint density at radius 2 is 2.25 bits per heavy atom. The van der Waals surface area contributed by atoms with E-state index in [0.29, 0.717) is 13.1 Å². The molecule has 20 heavy (non-hydrogen) atoms. The molecule has 0 saturated heterocycles. The highest BCUT2D eigenvalue weighted by Crippen LogP contribution is 2.24. The molecular formula is C15H23BrN2O2. The number of nitrogens with two attached hydrogens (primary N) is 1. The molecule has 5 heteroatoms. The van der Waals surface area contributed by atoms with Gasteiger partial charge in [-0.3, -0.25) is 4.79 Å². The quantitative estimate of drug-likeness (QED) is 0.713. The average molecular weight is 343 g/mol. The zero-order chi connectivity index (χ0) is 15.0. The summed E-state index contributed by atoms with van der Waals surface area (Å²) in [6.07, 6.45) is 2.25. The molecule has 1 unspecified atom stereocenters. The number of rotatable bonds is 8. The van der Waals surface area contributed by atoms with Crippen molar-refractivity contribution in [2.75, 3.05) is 13.1 Å². The topological polar surface area (TPSA) is 64.3 Å². The largest absolute Gasteiger partial charge is 0.481 e. The fourth-order valence-electron chi connectivity index (χ4n) is 1.79. The van der Waals surface area contributed by atoms with Crippen molar-refractivity contribution in [3.8, 4) is 5.75 Å². The van der Waals surface area contributed by atoms with Gasteiger partial charge in [-0.25, -0.2) is 0 Å². The van der Waals surface area contributed by atoms with Gasteiger partial charge in [0.15, 0.2) is 6.10 Å². The summed E-state index contributed by atoms with van der Waals surface area (Å²) in [6, 6.07) is 5.74. The molecule has 0 spiro atoms. The van der Waals surface area contributed by atoms with Crippen LogP contribution in [0.4, 0.5) is 0 Å². The van der Waals surface area contributed by atoms with E-state index in [0.717, 1.165) is 35.0 Å². The molecule has 1 rings (SSSR count). The molecule has 1 aromatic carbocycles. The van der Waals surface area contributed by atoms with E-state index in [1.54, 1.807) is 6.92 Å². The lowest BCUT2D eigenvalue weighted by Crippen LogP contribution is -2.37. The summed E-state index contributed by atoms with van der Waals surface area (Å²) >= 11 is 3.43. The zero-order valence-corrected chi connectivity index (χ0v) is 13.7. The Hall–Kier alpha value is -1.07. The monoisotopic (exact) mass is 342 g/mol. The summed E-state index contributed by atoms with van der Waals surface area (Å²) in [7, 11) is 0. The van der Waals surface area contributed by atoms with Crippen LogP contribution < -0.4 is 15.8 Å². The van der Waals surface area contributed by atoms with Crippen LogP contribution in [0.25, 0.3) is 0 Å². The third-order valence-electron chi connectivity index (χ3n) is 2.94. The summed E-state index contributed by atoms with van der Waals surface area (Å²) < 4.78 is 6.74. The van der Waals surface area contributed by atoms with Crippen LogP contribution in [0, 0.1) is 0 Å². The van der Waals surface area contributed by atoms with E-state index in [2.05, 4.69) is 28.2 Å². The minimum atomic E-state index is -0.510. The van der Waals surface area contributed by atoms with Gasteiger partial charge in [0.1, 0.15) is 5.75 Å². The van der Waals surface area contributed by atoms with Crippen molar-refractivity contribution in [1.82, 2.24) is 5.32 Å². The van der Waals surface area contributed by atoms with Crippen molar-refractivity contribution in [3.63, 3.8) is 0 Å². The first-order chi connectivity index (χ1) is 9.58. The highest BCUT2D eigenvalue weighted by molar-refractivity contribution is 9.10. The average Bonchev–Trinajstić information content (AvgIpc) is 2.42. The van der Waals surface area contributed by atoms with E-state index in [-0.39, 0.29) is 5.91 Å².